The highest BCUT2D eigenvalue weighted by molar-refractivity contribution is 5.98. The van der Waals surface area contributed by atoms with E-state index in [0.29, 0.717) is 18.0 Å². The highest BCUT2D eigenvalue weighted by Crippen LogP contribution is 2.25. The van der Waals surface area contributed by atoms with Crippen LogP contribution < -0.4 is 14.4 Å². The van der Waals surface area contributed by atoms with Crippen LogP contribution in [0.1, 0.15) is 12.5 Å². The number of hydrogen-bond acceptors (Lipinski definition) is 4. The maximum Gasteiger partial charge on any atom is 0.261 e. The van der Waals surface area contributed by atoms with E-state index in [9.17, 15) is 9.59 Å². The smallest absolute Gasteiger partial charge is 0.261 e. The van der Waals surface area contributed by atoms with Gasteiger partial charge in [-0.05, 0) is 38.1 Å². The molecule has 1 fully saturated rings. The fraction of sp³-hybridized carbons (Fsp3) is 0.333. The Morgan fingerprint density at radius 1 is 1.15 bits per heavy atom. The van der Waals surface area contributed by atoms with Crippen LogP contribution in [0, 0.1) is 6.92 Å². The van der Waals surface area contributed by atoms with E-state index in [2.05, 4.69) is 0 Å². The van der Waals surface area contributed by atoms with Crippen LogP contribution in [0.2, 0.25) is 0 Å². The molecule has 2 aromatic rings. The Labute approximate surface area is 159 Å². The Bertz CT molecular complexity index is 819. The van der Waals surface area contributed by atoms with Gasteiger partial charge in [0, 0.05) is 18.3 Å². The van der Waals surface area contributed by atoms with Gasteiger partial charge in [-0.1, -0.05) is 23.8 Å². The lowest BCUT2D eigenvalue weighted by Gasteiger charge is -2.39. The number of methoxy groups -OCH3 is 1. The van der Waals surface area contributed by atoms with Crippen molar-refractivity contribution in [1.82, 2.24) is 4.90 Å². The molecule has 0 spiro atoms. The van der Waals surface area contributed by atoms with Gasteiger partial charge in [0.05, 0.1) is 13.2 Å². The lowest BCUT2D eigenvalue weighted by atomic mass is 10.1. The molecular weight excluding hydrogens is 344 g/mol. The largest absolute Gasteiger partial charge is 0.497 e. The van der Waals surface area contributed by atoms with Gasteiger partial charge in [-0.3, -0.25) is 9.59 Å². The fourth-order valence-corrected chi connectivity index (χ4v) is 3.17. The van der Waals surface area contributed by atoms with E-state index in [1.54, 1.807) is 16.9 Å². The van der Waals surface area contributed by atoms with Crippen molar-refractivity contribution in [3.8, 4) is 11.5 Å². The van der Waals surface area contributed by atoms with Gasteiger partial charge < -0.3 is 19.3 Å². The van der Waals surface area contributed by atoms with Gasteiger partial charge in [0.1, 0.15) is 18.0 Å². The van der Waals surface area contributed by atoms with Crippen molar-refractivity contribution in [3.63, 3.8) is 0 Å². The van der Waals surface area contributed by atoms with E-state index in [1.807, 2.05) is 62.4 Å². The van der Waals surface area contributed by atoms with Crippen molar-refractivity contribution in [3.05, 3.63) is 54.1 Å². The number of anilines is 1. The summed E-state index contributed by atoms with van der Waals surface area (Å²) < 4.78 is 10.8. The van der Waals surface area contributed by atoms with E-state index in [4.69, 9.17) is 9.47 Å². The number of nitrogens with zero attached hydrogens (tertiary/aromatic N) is 2. The van der Waals surface area contributed by atoms with E-state index >= 15 is 0 Å². The predicted octanol–water partition coefficient (Wildman–Crippen LogP) is 2.65. The van der Waals surface area contributed by atoms with Gasteiger partial charge in [-0.2, -0.15) is 0 Å². The van der Waals surface area contributed by atoms with E-state index in [-0.39, 0.29) is 31.0 Å². The molecule has 0 saturated carbocycles. The molecule has 142 valence electrons. The van der Waals surface area contributed by atoms with Crippen molar-refractivity contribution < 1.29 is 19.1 Å². The molecule has 0 bridgehead atoms. The van der Waals surface area contributed by atoms with Gasteiger partial charge in [0.25, 0.3) is 5.91 Å². The number of hydrogen-bond donors (Lipinski definition) is 0. The molecule has 0 N–H and O–H groups in total. The van der Waals surface area contributed by atoms with Gasteiger partial charge in [0.2, 0.25) is 5.91 Å². The molecule has 2 amide bonds. The molecule has 1 aliphatic rings. The summed E-state index contributed by atoms with van der Waals surface area (Å²) in [7, 11) is 1.59. The average Bonchev–Trinajstić information content (AvgIpc) is 2.67. The van der Waals surface area contributed by atoms with Gasteiger partial charge in [0.15, 0.2) is 6.61 Å². The van der Waals surface area contributed by atoms with Crippen LogP contribution >= 0.6 is 0 Å². The Morgan fingerprint density at radius 3 is 2.56 bits per heavy atom. The molecule has 3 rings (SSSR count). The second-order valence-corrected chi connectivity index (χ2v) is 6.69. The summed E-state index contributed by atoms with van der Waals surface area (Å²) >= 11 is 0. The number of piperazine rings is 1. The Balaban J connectivity index is 1.62. The number of benzene rings is 2. The molecule has 6 heteroatoms. The van der Waals surface area contributed by atoms with Crippen LogP contribution in [0.5, 0.6) is 11.5 Å². The van der Waals surface area contributed by atoms with E-state index in [0.717, 1.165) is 11.3 Å². The first-order valence-electron chi connectivity index (χ1n) is 8.91. The van der Waals surface area contributed by atoms with Crippen molar-refractivity contribution in [1.29, 1.82) is 0 Å². The highest BCUT2D eigenvalue weighted by atomic mass is 16.5. The fourth-order valence-electron chi connectivity index (χ4n) is 3.17. The summed E-state index contributed by atoms with van der Waals surface area (Å²) in [5.74, 6) is 1.02. The molecule has 1 atom stereocenters. The minimum Gasteiger partial charge on any atom is -0.497 e. The molecule has 27 heavy (non-hydrogen) atoms. The molecule has 2 aromatic carbocycles. The van der Waals surface area contributed by atoms with Gasteiger partial charge >= 0.3 is 0 Å². The second-order valence-electron chi connectivity index (χ2n) is 6.69. The van der Waals surface area contributed by atoms with Crippen molar-refractivity contribution in [2.75, 3.05) is 31.7 Å². The molecule has 0 unspecified atom stereocenters. The molecule has 1 aliphatic heterocycles. The molecular formula is C21H24N2O4. The number of ether oxygens (including phenoxy) is 2. The Morgan fingerprint density at radius 2 is 1.89 bits per heavy atom. The number of amides is 2. The maximum absolute atomic E-state index is 12.7. The number of carbonyl (C=O) groups is 2. The van der Waals surface area contributed by atoms with Crippen molar-refractivity contribution >= 4 is 17.5 Å². The lowest BCUT2D eigenvalue weighted by molar-refractivity contribution is -0.139. The molecule has 6 nitrogen and oxygen atoms in total. The Hall–Kier alpha value is -3.02. The molecule has 0 aliphatic carbocycles. The van der Waals surface area contributed by atoms with E-state index in [1.165, 1.54) is 0 Å². The normalized spacial score (nSPS) is 17.0. The van der Waals surface area contributed by atoms with Crippen LogP contribution in [-0.4, -0.2) is 49.6 Å². The molecule has 0 aromatic heterocycles. The first kappa shape index (κ1) is 18.8. The first-order valence-corrected chi connectivity index (χ1v) is 8.91. The van der Waals surface area contributed by atoms with Crippen molar-refractivity contribution in [2.24, 2.45) is 0 Å². The monoisotopic (exact) mass is 368 g/mol. The van der Waals surface area contributed by atoms with E-state index < -0.39 is 0 Å². The SMILES string of the molecule is COc1cccc(N2C(=O)CN(C(=O)COc3ccc(C)cc3)C[C@@H]2C)c1. The zero-order valence-electron chi connectivity index (χ0n) is 15.8. The first-order chi connectivity index (χ1) is 13.0. The van der Waals surface area contributed by atoms with Crippen LogP contribution in [0.25, 0.3) is 0 Å². The summed E-state index contributed by atoms with van der Waals surface area (Å²) in [5.41, 5.74) is 1.90. The molecule has 0 radical (unpaired) electrons. The third kappa shape index (κ3) is 4.39. The Kier molecular flexibility index (Phi) is 5.64. The zero-order chi connectivity index (χ0) is 19.4. The van der Waals surface area contributed by atoms with Crippen molar-refractivity contribution in [2.45, 2.75) is 19.9 Å². The van der Waals surface area contributed by atoms with Gasteiger partial charge in [-0.25, -0.2) is 0 Å². The number of carbonyl (C=O) groups excluding carboxylic acids is 2. The third-order valence-corrected chi connectivity index (χ3v) is 4.59. The van der Waals surface area contributed by atoms with Crippen LogP contribution in [-0.2, 0) is 9.59 Å². The lowest BCUT2D eigenvalue weighted by Crippen LogP contribution is -2.57. The zero-order valence-corrected chi connectivity index (χ0v) is 15.8. The summed E-state index contributed by atoms with van der Waals surface area (Å²) in [6, 6.07) is 14.8. The molecule has 1 heterocycles. The standard InChI is InChI=1S/C21H24N2O4/c1-15-7-9-18(10-8-15)27-14-21(25)22-12-16(2)23(20(24)13-22)17-5-4-6-19(11-17)26-3/h4-11,16H,12-14H2,1-3H3/t16-/m0/s1. The van der Waals surface area contributed by atoms with Crippen LogP contribution in [0.3, 0.4) is 0 Å². The number of aryl methyl sites for hydroxylation is 1. The van der Waals surface area contributed by atoms with Crippen LogP contribution in [0.15, 0.2) is 48.5 Å². The topological polar surface area (TPSA) is 59.1 Å². The summed E-state index contributed by atoms with van der Waals surface area (Å²) in [6.45, 7) is 4.33. The highest BCUT2D eigenvalue weighted by Gasteiger charge is 2.33. The number of rotatable bonds is 5. The third-order valence-electron chi connectivity index (χ3n) is 4.59. The summed E-state index contributed by atoms with van der Waals surface area (Å²) in [5, 5.41) is 0. The van der Waals surface area contributed by atoms with Gasteiger partial charge in [-0.15, -0.1) is 0 Å². The molecule has 1 saturated heterocycles. The second kappa shape index (κ2) is 8.12. The maximum atomic E-state index is 12.7. The predicted molar refractivity (Wildman–Crippen MR) is 103 cm³/mol. The average molecular weight is 368 g/mol. The summed E-state index contributed by atoms with van der Waals surface area (Å²) in [4.78, 5) is 28.4. The minimum atomic E-state index is -0.193. The minimum absolute atomic E-state index is 0.0393. The van der Waals surface area contributed by atoms with Crippen LogP contribution in [0.4, 0.5) is 5.69 Å². The quantitative estimate of drug-likeness (QED) is 0.814. The summed E-state index contributed by atoms with van der Waals surface area (Å²) in [6.07, 6.45) is 0.